The van der Waals surface area contributed by atoms with Crippen LogP contribution in [0.25, 0.3) is 0 Å². The molecule has 160 valence electrons. The van der Waals surface area contributed by atoms with E-state index in [1.807, 2.05) is 28.0 Å². The van der Waals surface area contributed by atoms with Crippen LogP contribution in [0.3, 0.4) is 0 Å². The molecule has 0 aromatic heterocycles. The summed E-state index contributed by atoms with van der Waals surface area (Å²) in [6, 6.07) is 6.31. The minimum absolute atomic E-state index is 0.0737. The number of hydrogen-bond donors (Lipinski definition) is 0. The first-order valence-electron chi connectivity index (χ1n) is 10.4. The van der Waals surface area contributed by atoms with Gasteiger partial charge < -0.3 is 19.3 Å². The van der Waals surface area contributed by atoms with Crippen molar-refractivity contribution >= 4 is 11.8 Å². The van der Waals surface area contributed by atoms with Crippen LogP contribution in [0.2, 0.25) is 0 Å². The van der Waals surface area contributed by atoms with Crippen molar-refractivity contribution in [1.82, 2.24) is 14.7 Å². The lowest BCUT2D eigenvalue weighted by Gasteiger charge is -2.37. The Morgan fingerprint density at radius 3 is 2.41 bits per heavy atom. The number of likely N-dealkylation sites (tertiary alicyclic amines) is 1. The summed E-state index contributed by atoms with van der Waals surface area (Å²) in [5.41, 5.74) is 1.08. The number of nitrogens with zero attached hydrogens (tertiary/aromatic N) is 3. The van der Waals surface area contributed by atoms with Crippen molar-refractivity contribution in [3.05, 3.63) is 23.8 Å². The largest absolute Gasteiger partial charge is 0.493 e. The van der Waals surface area contributed by atoms with E-state index in [0.29, 0.717) is 37.1 Å². The molecule has 0 radical (unpaired) electrons. The van der Waals surface area contributed by atoms with E-state index in [1.54, 1.807) is 14.2 Å². The van der Waals surface area contributed by atoms with E-state index in [-0.39, 0.29) is 17.7 Å². The Morgan fingerprint density at radius 1 is 1.10 bits per heavy atom. The van der Waals surface area contributed by atoms with Crippen LogP contribution in [0.15, 0.2) is 18.2 Å². The lowest BCUT2D eigenvalue weighted by atomic mass is 10.1. The van der Waals surface area contributed by atoms with Crippen LogP contribution >= 0.6 is 0 Å². The molecule has 1 unspecified atom stereocenters. The molecule has 0 aliphatic carbocycles. The Balaban J connectivity index is 1.52. The molecule has 2 aliphatic heterocycles. The van der Waals surface area contributed by atoms with Gasteiger partial charge >= 0.3 is 0 Å². The zero-order valence-electron chi connectivity index (χ0n) is 18.0. The number of hydrogen-bond acceptors (Lipinski definition) is 5. The second kappa shape index (κ2) is 9.48. The number of amides is 2. The second-order valence-corrected chi connectivity index (χ2v) is 8.14. The summed E-state index contributed by atoms with van der Waals surface area (Å²) in [6.45, 7) is 8.84. The van der Waals surface area contributed by atoms with Crippen molar-refractivity contribution in [3.8, 4) is 11.5 Å². The van der Waals surface area contributed by atoms with Gasteiger partial charge in [0.15, 0.2) is 11.5 Å². The van der Waals surface area contributed by atoms with Crippen LogP contribution in [0.1, 0.15) is 25.8 Å². The first-order valence-corrected chi connectivity index (χ1v) is 10.4. The van der Waals surface area contributed by atoms with Crippen LogP contribution in [0.4, 0.5) is 0 Å². The summed E-state index contributed by atoms with van der Waals surface area (Å²) in [5, 5.41) is 0. The highest BCUT2D eigenvalue weighted by molar-refractivity contribution is 5.89. The van der Waals surface area contributed by atoms with E-state index in [0.717, 1.165) is 38.2 Å². The lowest BCUT2D eigenvalue weighted by molar-refractivity contribution is -0.137. The maximum absolute atomic E-state index is 12.9. The van der Waals surface area contributed by atoms with Gasteiger partial charge in [0.05, 0.1) is 20.1 Å². The van der Waals surface area contributed by atoms with Crippen molar-refractivity contribution in [2.24, 2.45) is 5.92 Å². The molecule has 1 aromatic carbocycles. The van der Waals surface area contributed by atoms with Gasteiger partial charge in [0.2, 0.25) is 11.8 Å². The van der Waals surface area contributed by atoms with Crippen LogP contribution in [0, 0.1) is 5.92 Å². The monoisotopic (exact) mass is 403 g/mol. The molecule has 0 spiro atoms. The number of rotatable bonds is 7. The highest BCUT2D eigenvalue weighted by Crippen LogP contribution is 2.28. The summed E-state index contributed by atoms with van der Waals surface area (Å²) in [6.07, 6.45) is 1.05. The van der Waals surface area contributed by atoms with Gasteiger partial charge in [0.25, 0.3) is 0 Å². The predicted octanol–water partition coefficient (Wildman–Crippen LogP) is 1.65. The SMILES string of the molecule is COc1ccc(CCN2CC(C(=O)N3CCN(C(C)C)CC3)CC2=O)cc1OC. The second-order valence-electron chi connectivity index (χ2n) is 8.14. The van der Waals surface area contributed by atoms with Gasteiger partial charge in [-0.3, -0.25) is 14.5 Å². The molecule has 0 bridgehead atoms. The number of carbonyl (C=O) groups excluding carboxylic acids is 2. The van der Waals surface area contributed by atoms with E-state index in [9.17, 15) is 9.59 Å². The Hall–Kier alpha value is -2.28. The summed E-state index contributed by atoms with van der Waals surface area (Å²) in [7, 11) is 3.23. The van der Waals surface area contributed by atoms with Crippen molar-refractivity contribution in [2.75, 3.05) is 53.5 Å². The normalized spacial score (nSPS) is 20.4. The Morgan fingerprint density at radius 2 is 1.79 bits per heavy atom. The van der Waals surface area contributed by atoms with Gasteiger partial charge in [0.1, 0.15) is 0 Å². The molecular weight excluding hydrogens is 370 g/mol. The predicted molar refractivity (Wildman–Crippen MR) is 111 cm³/mol. The molecule has 1 aromatic rings. The topological polar surface area (TPSA) is 62.3 Å². The molecular formula is C22H33N3O4. The number of carbonyl (C=O) groups is 2. The van der Waals surface area contributed by atoms with Gasteiger partial charge in [-0.2, -0.15) is 0 Å². The van der Waals surface area contributed by atoms with Crippen LogP contribution in [0.5, 0.6) is 11.5 Å². The fraction of sp³-hybridized carbons (Fsp3) is 0.636. The summed E-state index contributed by atoms with van der Waals surface area (Å²) >= 11 is 0. The average Bonchev–Trinajstić information content (AvgIpc) is 3.12. The first kappa shape index (κ1) is 21.4. The number of benzene rings is 1. The third-order valence-corrected chi connectivity index (χ3v) is 6.04. The molecule has 2 aliphatic rings. The number of piperazine rings is 1. The molecule has 2 fully saturated rings. The third kappa shape index (κ3) is 5.01. The van der Waals surface area contributed by atoms with Crippen LogP contribution in [-0.2, 0) is 16.0 Å². The summed E-state index contributed by atoms with van der Waals surface area (Å²) in [4.78, 5) is 31.5. The smallest absolute Gasteiger partial charge is 0.228 e. The zero-order valence-corrected chi connectivity index (χ0v) is 18.0. The fourth-order valence-corrected chi connectivity index (χ4v) is 4.17. The van der Waals surface area contributed by atoms with Gasteiger partial charge in [-0.05, 0) is 38.0 Å². The number of ether oxygens (including phenoxy) is 2. The lowest BCUT2D eigenvalue weighted by Crippen LogP contribution is -2.52. The highest BCUT2D eigenvalue weighted by atomic mass is 16.5. The Bertz CT molecular complexity index is 729. The standard InChI is InChI=1S/C22H33N3O4/c1-16(2)23-9-11-24(12-10-23)22(27)18-14-21(26)25(15-18)8-7-17-5-6-19(28-3)20(13-17)29-4/h5-6,13,16,18H,7-12,14-15H2,1-4H3. The maximum Gasteiger partial charge on any atom is 0.228 e. The molecule has 29 heavy (non-hydrogen) atoms. The molecule has 3 rings (SSSR count). The maximum atomic E-state index is 12.9. The Labute approximate surface area is 173 Å². The molecule has 1 atom stereocenters. The average molecular weight is 404 g/mol. The minimum atomic E-state index is -0.210. The van der Waals surface area contributed by atoms with Gasteiger partial charge in [-0.1, -0.05) is 6.07 Å². The van der Waals surface area contributed by atoms with Crippen molar-refractivity contribution in [1.29, 1.82) is 0 Å². The first-order chi connectivity index (χ1) is 13.9. The van der Waals surface area contributed by atoms with Gasteiger partial charge in [-0.25, -0.2) is 0 Å². The summed E-state index contributed by atoms with van der Waals surface area (Å²) < 4.78 is 10.6. The number of methoxy groups -OCH3 is 2. The molecule has 2 amide bonds. The molecule has 0 saturated carbocycles. The van der Waals surface area contributed by atoms with E-state index >= 15 is 0 Å². The highest BCUT2D eigenvalue weighted by Gasteiger charge is 2.37. The van der Waals surface area contributed by atoms with Crippen molar-refractivity contribution in [2.45, 2.75) is 32.7 Å². The van der Waals surface area contributed by atoms with E-state index in [4.69, 9.17) is 9.47 Å². The van der Waals surface area contributed by atoms with Crippen LogP contribution < -0.4 is 9.47 Å². The van der Waals surface area contributed by atoms with Gasteiger partial charge in [0, 0.05) is 51.7 Å². The molecule has 0 N–H and O–H groups in total. The molecule has 2 saturated heterocycles. The Kier molecular flexibility index (Phi) is 7.00. The molecule has 7 nitrogen and oxygen atoms in total. The van der Waals surface area contributed by atoms with Gasteiger partial charge in [-0.15, -0.1) is 0 Å². The summed E-state index contributed by atoms with van der Waals surface area (Å²) in [5.74, 6) is 1.38. The van der Waals surface area contributed by atoms with E-state index in [2.05, 4.69) is 18.7 Å². The third-order valence-electron chi connectivity index (χ3n) is 6.04. The fourth-order valence-electron chi connectivity index (χ4n) is 4.17. The molecule has 7 heteroatoms. The minimum Gasteiger partial charge on any atom is -0.493 e. The van der Waals surface area contributed by atoms with Crippen molar-refractivity contribution < 1.29 is 19.1 Å². The quantitative estimate of drug-likeness (QED) is 0.693. The van der Waals surface area contributed by atoms with E-state index < -0.39 is 0 Å². The zero-order chi connectivity index (χ0) is 21.0. The van der Waals surface area contributed by atoms with E-state index in [1.165, 1.54) is 0 Å². The van der Waals surface area contributed by atoms with Crippen molar-refractivity contribution in [3.63, 3.8) is 0 Å². The molecule has 2 heterocycles. The van der Waals surface area contributed by atoms with Crippen LogP contribution in [-0.4, -0.2) is 86.0 Å².